The van der Waals surface area contributed by atoms with Crippen molar-refractivity contribution < 1.29 is 19.1 Å². The number of aliphatic carboxylic acids is 1. The van der Waals surface area contributed by atoms with Crippen molar-refractivity contribution in [3.63, 3.8) is 0 Å². The predicted molar refractivity (Wildman–Crippen MR) is 82.8 cm³/mol. The molecule has 4 nitrogen and oxygen atoms in total. The second-order valence-electron chi connectivity index (χ2n) is 5.16. The minimum atomic E-state index is -1.06. The SMILES string of the molecule is CC(C)C1SCC(C(=O)O)N1C(=O)c1ccc(Br)cc1F. The second kappa shape index (κ2) is 6.36. The van der Waals surface area contributed by atoms with Crippen LogP contribution in [-0.4, -0.2) is 39.1 Å². The molecule has 1 saturated heterocycles. The van der Waals surface area contributed by atoms with Gasteiger partial charge in [-0.15, -0.1) is 11.8 Å². The Balaban J connectivity index is 2.39. The number of halogens is 2. The van der Waals surface area contributed by atoms with Gasteiger partial charge in [0.15, 0.2) is 0 Å². The Morgan fingerprint density at radius 3 is 2.67 bits per heavy atom. The van der Waals surface area contributed by atoms with Crippen molar-refractivity contribution in [2.24, 2.45) is 5.92 Å². The molecule has 1 aliphatic heterocycles. The van der Waals surface area contributed by atoms with Crippen LogP contribution in [0, 0.1) is 11.7 Å². The number of carbonyl (C=O) groups excluding carboxylic acids is 1. The van der Waals surface area contributed by atoms with E-state index in [4.69, 9.17) is 0 Å². The van der Waals surface area contributed by atoms with E-state index in [-0.39, 0.29) is 16.9 Å². The molecule has 0 saturated carbocycles. The third-order valence-electron chi connectivity index (χ3n) is 3.29. The van der Waals surface area contributed by atoms with E-state index in [9.17, 15) is 19.1 Å². The van der Waals surface area contributed by atoms with Crippen LogP contribution >= 0.6 is 27.7 Å². The Morgan fingerprint density at radius 2 is 2.14 bits per heavy atom. The molecule has 21 heavy (non-hydrogen) atoms. The number of carbonyl (C=O) groups is 2. The van der Waals surface area contributed by atoms with Crippen molar-refractivity contribution in [1.82, 2.24) is 4.90 Å². The summed E-state index contributed by atoms with van der Waals surface area (Å²) >= 11 is 4.56. The van der Waals surface area contributed by atoms with Gasteiger partial charge in [-0.25, -0.2) is 9.18 Å². The summed E-state index contributed by atoms with van der Waals surface area (Å²) in [6.45, 7) is 3.83. The lowest BCUT2D eigenvalue weighted by atomic mass is 10.1. The molecule has 1 aromatic carbocycles. The third kappa shape index (κ3) is 3.23. The summed E-state index contributed by atoms with van der Waals surface area (Å²) in [7, 11) is 0. The highest BCUT2D eigenvalue weighted by Gasteiger charge is 2.43. The topological polar surface area (TPSA) is 57.6 Å². The van der Waals surface area contributed by atoms with Crippen LogP contribution in [0.2, 0.25) is 0 Å². The molecule has 114 valence electrons. The highest BCUT2D eigenvalue weighted by Crippen LogP contribution is 2.35. The Morgan fingerprint density at radius 1 is 1.48 bits per heavy atom. The van der Waals surface area contributed by atoms with Crippen LogP contribution in [-0.2, 0) is 4.79 Å². The van der Waals surface area contributed by atoms with E-state index in [0.717, 1.165) is 0 Å². The van der Waals surface area contributed by atoms with Gasteiger partial charge in [0.25, 0.3) is 5.91 Å². The van der Waals surface area contributed by atoms with Crippen molar-refractivity contribution in [1.29, 1.82) is 0 Å². The Hall–Kier alpha value is -1.08. The van der Waals surface area contributed by atoms with Crippen LogP contribution in [0.3, 0.4) is 0 Å². The Bertz CT molecular complexity index is 581. The van der Waals surface area contributed by atoms with E-state index in [1.165, 1.54) is 28.8 Å². The fourth-order valence-electron chi connectivity index (χ4n) is 2.29. The summed E-state index contributed by atoms with van der Waals surface area (Å²) < 4.78 is 14.5. The first-order valence-electron chi connectivity index (χ1n) is 6.45. The lowest BCUT2D eigenvalue weighted by Gasteiger charge is -2.29. The van der Waals surface area contributed by atoms with Crippen molar-refractivity contribution >= 4 is 39.6 Å². The van der Waals surface area contributed by atoms with Gasteiger partial charge < -0.3 is 10.0 Å². The number of hydrogen-bond donors (Lipinski definition) is 1. The number of rotatable bonds is 3. The number of carboxylic acids is 1. The fourth-order valence-corrected chi connectivity index (χ4v) is 4.09. The molecule has 2 unspecified atom stereocenters. The minimum Gasteiger partial charge on any atom is -0.480 e. The number of amides is 1. The van der Waals surface area contributed by atoms with E-state index in [0.29, 0.717) is 10.2 Å². The average molecular weight is 376 g/mol. The van der Waals surface area contributed by atoms with Gasteiger partial charge in [0, 0.05) is 10.2 Å². The van der Waals surface area contributed by atoms with Gasteiger partial charge >= 0.3 is 5.97 Å². The molecule has 0 bridgehead atoms. The maximum atomic E-state index is 14.0. The predicted octanol–water partition coefficient (Wildman–Crippen LogP) is 3.21. The van der Waals surface area contributed by atoms with Gasteiger partial charge in [0.05, 0.1) is 10.9 Å². The van der Waals surface area contributed by atoms with E-state index < -0.39 is 23.7 Å². The number of thioether (sulfide) groups is 1. The molecule has 2 atom stereocenters. The van der Waals surface area contributed by atoms with Gasteiger partial charge in [-0.05, 0) is 24.1 Å². The molecule has 1 heterocycles. The third-order valence-corrected chi connectivity index (χ3v) is 5.40. The minimum absolute atomic E-state index is 0.0850. The zero-order valence-electron chi connectivity index (χ0n) is 11.5. The molecule has 1 N–H and O–H groups in total. The Kier molecular flexibility index (Phi) is 4.93. The van der Waals surface area contributed by atoms with E-state index in [1.807, 2.05) is 13.8 Å². The molecule has 0 aromatic heterocycles. The second-order valence-corrected chi connectivity index (χ2v) is 7.22. The fraction of sp³-hybridized carbons (Fsp3) is 0.429. The molecule has 2 rings (SSSR count). The van der Waals surface area contributed by atoms with Crippen molar-refractivity contribution in [3.05, 3.63) is 34.1 Å². The van der Waals surface area contributed by atoms with Gasteiger partial charge in [-0.2, -0.15) is 0 Å². The summed E-state index contributed by atoms with van der Waals surface area (Å²) in [5.74, 6) is -1.88. The molecule has 1 aliphatic rings. The Labute approximate surface area is 134 Å². The smallest absolute Gasteiger partial charge is 0.327 e. The molecule has 0 radical (unpaired) electrons. The van der Waals surface area contributed by atoms with Crippen molar-refractivity contribution in [3.8, 4) is 0 Å². The molecule has 1 aromatic rings. The first-order chi connectivity index (χ1) is 9.82. The van der Waals surface area contributed by atoms with Crippen LogP contribution in [0.15, 0.2) is 22.7 Å². The van der Waals surface area contributed by atoms with E-state index in [1.54, 1.807) is 6.07 Å². The summed E-state index contributed by atoms with van der Waals surface area (Å²) in [6, 6.07) is 3.23. The van der Waals surface area contributed by atoms with Gasteiger partial charge in [0.2, 0.25) is 0 Å². The average Bonchev–Trinajstić information content (AvgIpc) is 2.82. The largest absolute Gasteiger partial charge is 0.480 e. The number of nitrogens with zero attached hydrogens (tertiary/aromatic N) is 1. The molecular formula is C14H15BrFNO3S. The monoisotopic (exact) mass is 375 g/mol. The normalized spacial score (nSPS) is 21.9. The van der Waals surface area contributed by atoms with Gasteiger partial charge in [-0.3, -0.25) is 4.79 Å². The lowest BCUT2D eigenvalue weighted by molar-refractivity contribution is -0.141. The zero-order valence-corrected chi connectivity index (χ0v) is 13.9. The van der Waals surface area contributed by atoms with Crippen LogP contribution < -0.4 is 0 Å². The maximum absolute atomic E-state index is 14.0. The standard InChI is InChI=1S/C14H15BrFNO3S/c1-7(2)13-17(11(6-21-13)14(19)20)12(18)9-4-3-8(15)5-10(9)16/h3-5,7,11,13H,6H2,1-2H3,(H,19,20). The molecule has 1 amide bonds. The summed E-state index contributed by atoms with van der Waals surface area (Å²) in [5.41, 5.74) is -0.0994. The molecule has 0 spiro atoms. The van der Waals surface area contributed by atoms with Gasteiger partial charge in [-0.1, -0.05) is 29.8 Å². The quantitative estimate of drug-likeness (QED) is 0.880. The highest BCUT2D eigenvalue weighted by molar-refractivity contribution is 9.10. The number of benzene rings is 1. The summed E-state index contributed by atoms with van der Waals surface area (Å²) in [4.78, 5) is 25.2. The number of hydrogen-bond acceptors (Lipinski definition) is 3. The number of carboxylic acid groups (broad SMARTS) is 1. The van der Waals surface area contributed by atoms with Crippen LogP contribution in [0.25, 0.3) is 0 Å². The first kappa shape index (κ1) is 16.3. The van der Waals surface area contributed by atoms with E-state index >= 15 is 0 Å². The lowest BCUT2D eigenvalue weighted by Crippen LogP contribution is -2.47. The van der Waals surface area contributed by atoms with Crippen LogP contribution in [0.5, 0.6) is 0 Å². The molecule has 7 heteroatoms. The molecule has 1 fully saturated rings. The molecule has 0 aliphatic carbocycles. The van der Waals surface area contributed by atoms with Crippen molar-refractivity contribution in [2.45, 2.75) is 25.3 Å². The van der Waals surface area contributed by atoms with Crippen LogP contribution in [0.1, 0.15) is 24.2 Å². The summed E-state index contributed by atoms with van der Waals surface area (Å²) in [6.07, 6.45) is 0. The maximum Gasteiger partial charge on any atom is 0.327 e. The van der Waals surface area contributed by atoms with Gasteiger partial charge in [0.1, 0.15) is 11.9 Å². The van der Waals surface area contributed by atoms with Crippen LogP contribution in [0.4, 0.5) is 4.39 Å². The molecular weight excluding hydrogens is 361 g/mol. The van der Waals surface area contributed by atoms with E-state index in [2.05, 4.69) is 15.9 Å². The summed E-state index contributed by atoms with van der Waals surface area (Å²) in [5, 5.41) is 9.02. The zero-order chi connectivity index (χ0) is 15.7. The van der Waals surface area contributed by atoms with Crippen molar-refractivity contribution in [2.75, 3.05) is 5.75 Å². The highest BCUT2D eigenvalue weighted by atomic mass is 79.9. The first-order valence-corrected chi connectivity index (χ1v) is 8.29.